The Morgan fingerprint density at radius 3 is 1.59 bits per heavy atom. The van der Waals surface area contributed by atoms with E-state index in [1.807, 2.05) is 18.5 Å². The van der Waals surface area contributed by atoms with Crippen molar-refractivity contribution < 1.29 is 0 Å². The normalized spacial score (nSPS) is 11.6. The van der Waals surface area contributed by atoms with Crippen molar-refractivity contribution in [1.82, 2.24) is 15.0 Å². The molecule has 210 valence electrons. The quantitative estimate of drug-likeness (QED) is 0.200. The van der Waals surface area contributed by atoms with Crippen molar-refractivity contribution in [3.63, 3.8) is 0 Å². The molecule has 8 rings (SSSR count). The van der Waals surface area contributed by atoms with Gasteiger partial charge in [0.15, 0.2) is 0 Å². The van der Waals surface area contributed by atoms with Gasteiger partial charge in [-0.1, -0.05) is 97.1 Å². The fourth-order valence-electron chi connectivity index (χ4n) is 6.80. The SMILES string of the molecule is Cc1c(-c2cccc3ccccc23)nc2c(ccc3c(C)c(C)c(-c4ccc(-c5cccnc5)c5ccccc45)nc32)c1C. The van der Waals surface area contributed by atoms with E-state index >= 15 is 0 Å². The van der Waals surface area contributed by atoms with Crippen LogP contribution >= 0.6 is 0 Å². The summed E-state index contributed by atoms with van der Waals surface area (Å²) in [6.07, 6.45) is 3.75. The first-order chi connectivity index (χ1) is 21.5. The average molecular weight is 566 g/mol. The minimum Gasteiger partial charge on any atom is -0.264 e. The van der Waals surface area contributed by atoms with Crippen molar-refractivity contribution >= 4 is 43.4 Å². The van der Waals surface area contributed by atoms with Crippen LogP contribution in [0, 0.1) is 27.7 Å². The smallest absolute Gasteiger partial charge is 0.0975 e. The van der Waals surface area contributed by atoms with Crippen LogP contribution in [0.3, 0.4) is 0 Å². The number of nitrogens with zero attached hydrogens (tertiary/aromatic N) is 3. The van der Waals surface area contributed by atoms with Gasteiger partial charge >= 0.3 is 0 Å². The zero-order chi connectivity index (χ0) is 29.9. The summed E-state index contributed by atoms with van der Waals surface area (Å²) in [5.74, 6) is 0. The van der Waals surface area contributed by atoms with Gasteiger partial charge in [0, 0.05) is 39.9 Å². The Kier molecular flexibility index (Phi) is 6.02. The van der Waals surface area contributed by atoms with Crippen LogP contribution in [0.1, 0.15) is 22.3 Å². The van der Waals surface area contributed by atoms with Crippen LogP contribution in [0.25, 0.3) is 77.0 Å². The van der Waals surface area contributed by atoms with Crippen molar-refractivity contribution in [3.8, 4) is 33.6 Å². The lowest BCUT2D eigenvalue weighted by Crippen LogP contribution is -2.00. The fraction of sp³-hybridized carbons (Fsp3) is 0.0976. The van der Waals surface area contributed by atoms with Crippen molar-refractivity contribution in [2.75, 3.05) is 0 Å². The van der Waals surface area contributed by atoms with Crippen LogP contribution in [-0.2, 0) is 0 Å². The largest absolute Gasteiger partial charge is 0.264 e. The van der Waals surface area contributed by atoms with Gasteiger partial charge in [-0.25, -0.2) is 9.97 Å². The number of hydrogen-bond acceptors (Lipinski definition) is 3. The summed E-state index contributed by atoms with van der Waals surface area (Å²) in [5, 5.41) is 7.10. The molecule has 8 aromatic rings. The molecule has 0 amide bonds. The van der Waals surface area contributed by atoms with Gasteiger partial charge in [0.1, 0.15) is 0 Å². The van der Waals surface area contributed by atoms with Crippen molar-refractivity contribution in [1.29, 1.82) is 0 Å². The second-order valence-electron chi connectivity index (χ2n) is 11.8. The van der Waals surface area contributed by atoms with Crippen molar-refractivity contribution in [2.45, 2.75) is 27.7 Å². The van der Waals surface area contributed by atoms with E-state index in [9.17, 15) is 0 Å². The highest BCUT2D eigenvalue weighted by molar-refractivity contribution is 6.10. The lowest BCUT2D eigenvalue weighted by molar-refractivity contribution is 1.26. The summed E-state index contributed by atoms with van der Waals surface area (Å²) in [7, 11) is 0. The predicted molar refractivity (Wildman–Crippen MR) is 185 cm³/mol. The third-order valence-corrected chi connectivity index (χ3v) is 9.44. The maximum absolute atomic E-state index is 5.48. The Labute approximate surface area is 256 Å². The molecule has 0 aliphatic heterocycles. The van der Waals surface area contributed by atoms with Crippen LogP contribution in [0.15, 0.2) is 116 Å². The van der Waals surface area contributed by atoms with Crippen LogP contribution in [-0.4, -0.2) is 15.0 Å². The van der Waals surface area contributed by atoms with Crippen LogP contribution in [0.5, 0.6) is 0 Å². The van der Waals surface area contributed by atoms with E-state index in [-0.39, 0.29) is 0 Å². The zero-order valence-electron chi connectivity index (χ0n) is 25.3. The van der Waals surface area contributed by atoms with E-state index in [0.717, 1.165) is 49.9 Å². The van der Waals surface area contributed by atoms with E-state index in [1.165, 1.54) is 49.4 Å². The van der Waals surface area contributed by atoms with Gasteiger partial charge in [-0.2, -0.15) is 0 Å². The van der Waals surface area contributed by atoms with Crippen molar-refractivity contribution in [2.24, 2.45) is 0 Å². The van der Waals surface area contributed by atoms with Gasteiger partial charge in [0.05, 0.1) is 22.4 Å². The van der Waals surface area contributed by atoms with Gasteiger partial charge < -0.3 is 0 Å². The molecule has 0 radical (unpaired) electrons. The van der Waals surface area contributed by atoms with Crippen LogP contribution in [0.4, 0.5) is 0 Å². The highest BCUT2D eigenvalue weighted by Crippen LogP contribution is 2.40. The number of aryl methyl sites for hydroxylation is 2. The molecular weight excluding hydrogens is 534 g/mol. The first-order valence-corrected chi connectivity index (χ1v) is 15.1. The maximum atomic E-state index is 5.48. The molecule has 44 heavy (non-hydrogen) atoms. The zero-order valence-corrected chi connectivity index (χ0v) is 25.3. The molecule has 0 saturated heterocycles. The molecule has 0 unspecified atom stereocenters. The summed E-state index contributed by atoms with van der Waals surface area (Å²) < 4.78 is 0. The standard InChI is InChI=1S/C41H31N3/c1-24-26(3)38(36-17-9-12-28-11-5-6-14-32(28)36)43-40-30(24)18-19-31-25(2)27(4)39(44-41(31)40)37-21-20-33(29-13-10-22-42-23-29)34-15-7-8-16-35(34)37/h5-23H,1-4H3. The molecule has 5 aromatic carbocycles. The van der Waals surface area contributed by atoms with E-state index in [4.69, 9.17) is 9.97 Å². The van der Waals surface area contributed by atoms with Crippen LogP contribution in [0.2, 0.25) is 0 Å². The summed E-state index contributed by atoms with van der Waals surface area (Å²) >= 11 is 0. The summed E-state index contributed by atoms with van der Waals surface area (Å²) in [6.45, 7) is 8.82. The Morgan fingerprint density at radius 1 is 0.409 bits per heavy atom. The third-order valence-electron chi connectivity index (χ3n) is 9.44. The van der Waals surface area contributed by atoms with Gasteiger partial charge in [-0.05, 0) is 83.1 Å². The van der Waals surface area contributed by atoms with Gasteiger partial charge in [-0.15, -0.1) is 0 Å². The lowest BCUT2D eigenvalue weighted by Gasteiger charge is -2.18. The molecule has 3 nitrogen and oxygen atoms in total. The molecule has 0 saturated carbocycles. The monoisotopic (exact) mass is 565 g/mol. The van der Waals surface area contributed by atoms with Gasteiger partial charge in [-0.3, -0.25) is 4.98 Å². The van der Waals surface area contributed by atoms with E-state index in [2.05, 4.69) is 130 Å². The van der Waals surface area contributed by atoms with E-state index in [1.54, 1.807) is 0 Å². The second kappa shape index (κ2) is 10.1. The number of pyridine rings is 3. The summed E-state index contributed by atoms with van der Waals surface area (Å²) in [6, 6.07) is 36.7. The topological polar surface area (TPSA) is 38.7 Å². The number of benzene rings is 5. The van der Waals surface area contributed by atoms with Crippen LogP contribution < -0.4 is 0 Å². The third kappa shape index (κ3) is 3.93. The maximum Gasteiger partial charge on any atom is 0.0975 e. The Bertz CT molecular complexity index is 2420. The second-order valence-corrected chi connectivity index (χ2v) is 11.8. The number of aromatic nitrogens is 3. The molecule has 0 atom stereocenters. The number of hydrogen-bond donors (Lipinski definition) is 0. The highest BCUT2D eigenvalue weighted by Gasteiger charge is 2.19. The highest BCUT2D eigenvalue weighted by atomic mass is 14.8. The Hall–Kier alpha value is -5.41. The molecule has 0 fully saturated rings. The van der Waals surface area contributed by atoms with Gasteiger partial charge in [0.25, 0.3) is 0 Å². The lowest BCUT2D eigenvalue weighted by atomic mass is 9.91. The number of rotatable bonds is 3. The minimum atomic E-state index is 0.950. The predicted octanol–water partition coefficient (Wildman–Crippen LogP) is 10.7. The fourth-order valence-corrected chi connectivity index (χ4v) is 6.80. The molecule has 3 heteroatoms. The average Bonchev–Trinajstić information content (AvgIpc) is 3.07. The molecular formula is C41H31N3. The Balaban J connectivity index is 1.43. The molecule has 3 heterocycles. The molecule has 0 bridgehead atoms. The first kappa shape index (κ1) is 26.2. The summed E-state index contributed by atoms with van der Waals surface area (Å²) in [4.78, 5) is 15.3. The minimum absolute atomic E-state index is 0.950. The molecule has 0 aliphatic carbocycles. The van der Waals surface area contributed by atoms with Crippen molar-refractivity contribution in [3.05, 3.63) is 138 Å². The first-order valence-electron chi connectivity index (χ1n) is 15.1. The molecule has 3 aromatic heterocycles. The molecule has 0 N–H and O–H groups in total. The Morgan fingerprint density at radius 2 is 0.955 bits per heavy atom. The summed E-state index contributed by atoms with van der Waals surface area (Å²) in [5.41, 5.74) is 13.4. The van der Waals surface area contributed by atoms with E-state index in [0.29, 0.717) is 0 Å². The molecule has 0 spiro atoms. The molecule has 0 aliphatic rings. The van der Waals surface area contributed by atoms with Gasteiger partial charge in [0.2, 0.25) is 0 Å². The van der Waals surface area contributed by atoms with E-state index < -0.39 is 0 Å². The number of fused-ring (bicyclic) bond motifs is 5.